The van der Waals surface area contributed by atoms with Crippen LogP contribution in [0.25, 0.3) is 6.08 Å². The molecule has 10 heteroatoms. The maximum Gasteiger partial charge on any atom is 0.410 e. The number of thiazole rings is 1. The van der Waals surface area contributed by atoms with Crippen LogP contribution in [-0.4, -0.2) is 73.9 Å². The van der Waals surface area contributed by atoms with Gasteiger partial charge in [0.2, 0.25) is 0 Å². The first-order valence-electron chi connectivity index (χ1n) is 14.6. The van der Waals surface area contributed by atoms with Crippen molar-refractivity contribution in [3.8, 4) is 0 Å². The van der Waals surface area contributed by atoms with Gasteiger partial charge in [-0.1, -0.05) is 34.1 Å². The van der Waals surface area contributed by atoms with Gasteiger partial charge in [-0.15, -0.1) is 11.3 Å². The van der Waals surface area contributed by atoms with Crippen LogP contribution in [0.5, 0.6) is 0 Å². The van der Waals surface area contributed by atoms with Gasteiger partial charge >= 0.3 is 12.1 Å². The number of nitrogens with zero attached hydrogens (tertiary/aromatic N) is 2. The van der Waals surface area contributed by atoms with Crippen LogP contribution in [0.15, 0.2) is 11.0 Å². The van der Waals surface area contributed by atoms with E-state index in [9.17, 15) is 24.6 Å². The molecule has 0 radical (unpaired) electrons. The van der Waals surface area contributed by atoms with Crippen LogP contribution in [0.3, 0.4) is 0 Å². The van der Waals surface area contributed by atoms with Gasteiger partial charge in [0, 0.05) is 17.7 Å². The van der Waals surface area contributed by atoms with Crippen molar-refractivity contribution >= 4 is 35.3 Å². The number of esters is 1. The maximum absolute atomic E-state index is 13.4. The zero-order valence-electron chi connectivity index (χ0n) is 26.0. The van der Waals surface area contributed by atoms with Gasteiger partial charge in [0.1, 0.15) is 17.5 Å². The number of carbonyl (C=O) groups excluding carboxylic acids is 3. The SMILES string of the molecule is CC(=Cc1csc(C)n1)C1CC2[C@@H](CCC[C@H](C)[C@H](O)[C@@H](C)C(=O)C(C)(C)[C@@H](O)CC(=O)O1)N2C(=O)OC(C)(C)C. The van der Waals surface area contributed by atoms with Gasteiger partial charge in [-0.05, 0) is 65.0 Å². The van der Waals surface area contributed by atoms with E-state index in [-0.39, 0.29) is 30.2 Å². The Morgan fingerprint density at radius 3 is 2.44 bits per heavy atom. The number of hydrogen-bond acceptors (Lipinski definition) is 9. The lowest BCUT2D eigenvalue weighted by Gasteiger charge is -2.34. The van der Waals surface area contributed by atoms with E-state index >= 15 is 0 Å². The molecule has 0 spiro atoms. The number of fused-ring (bicyclic) bond motifs is 1. The predicted octanol–water partition coefficient (Wildman–Crippen LogP) is 5.31. The van der Waals surface area contributed by atoms with Gasteiger partial charge < -0.3 is 19.7 Å². The smallest absolute Gasteiger partial charge is 0.410 e. The van der Waals surface area contributed by atoms with E-state index in [4.69, 9.17) is 9.47 Å². The number of Topliss-reactive ketones (excluding diaryl/α,β-unsaturated/α-hetero) is 1. The van der Waals surface area contributed by atoms with Gasteiger partial charge in [-0.2, -0.15) is 0 Å². The Hall–Kier alpha value is -2.30. The number of cyclic esters (lactones) is 1. The van der Waals surface area contributed by atoms with Crippen molar-refractivity contribution in [3.63, 3.8) is 0 Å². The lowest BCUT2D eigenvalue weighted by molar-refractivity contribution is -0.154. The molecule has 2 fully saturated rings. The summed E-state index contributed by atoms with van der Waals surface area (Å²) in [6.45, 7) is 16.1. The topological polar surface area (TPSA) is 126 Å². The standard InChI is InChI=1S/C31H48N2O7S/c1-17-11-10-12-22-23(33(22)29(38)40-30(5,6)7)14-24(18(2)13-21-16-41-20(4)32-21)39-26(35)15-25(34)31(8,9)28(37)19(3)27(17)36/h13,16-17,19,22-25,27,34,36H,10-12,14-15H2,1-9H3/t17-,19+,22+,23?,24?,25-,27-,33?/m0/s1. The normalized spacial score (nSPS) is 32.2. The first kappa shape index (κ1) is 33.2. The highest BCUT2D eigenvalue weighted by Gasteiger charge is 2.53. The number of aliphatic hydroxyl groups excluding tert-OH is 2. The second-order valence-corrected chi connectivity index (χ2v) is 14.5. The fraction of sp³-hybridized carbons (Fsp3) is 0.742. The minimum atomic E-state index is -1.29. The first-order chi connectivity index (χ1) is 18.9. The number of aliphatic hydroxyl groups is 2. The minimum Gasteiger partial charge on any atom is -0.458 e. The third-order valence-corrected chi connectivity index (χ3v) is 9.21. The van der Waals surface area contributed by atoms with Crippen LogP contribution >= 0.6 is 11.3 Å². The van der Waals surface area contributed by atoms with E-state index in [1.165, 1.54) is 11.3 Å². The second kappa shape index (κ2) is 12.9. The highest BCUT2D eigenvalue weighted by Crippen LogP contribution is 2.40. The molecule has 1 amide bonds. The summed E-state index contributed by atoms with van der Waals surface area (Å²) in [6, 6.07) is -0.292. The van der Waals surface area contributed by atoms with E-state index in [1.54, 1.807) is 25.7 Å². The molecule has 230 valence electrons. The van der Waals surface area contributed by atoms with E-state index < -0.39 is 47.3 Å². The van der Waals surface area contributed by atoms with Crippen LogP contribution in [0, 0.1) is 24.2 Å². The van der Waals surface area contributed by atoms with Crippen LogP contribution < -0.4 is 0 Å². The van der Waals surface area contributed by atoms with Gasteiger partial charge in [0.05, 0.1) is 46.8 Å². The van der Waals surface area contributed by atoms with Crippen LogP contribution in [0.4, 0.5) is 4.79 Å². The molecule has 2 unspecified atom stereocenters. The van der Waals surface area contributed by atoms with E-state index in [0.29, 0.717) is 19.3 Å². The number of carbonyl (C=O) groups is 3. The average Bonchev–Trinajstić information content (AvgIpc) is 3.39. The second-order valence-electron chi connectivity index (χ2n) is 13.4. The molecular weight excluding hydrogens is 544 g/mol. The quantitative estimate of drug-likeness (QED) is 0.350. The van der Waals surface area contributed by atoms with E-state index in [2.05, 4.69) is 4.98 Å². The molecule has 1 aromatic heterocycles. The summed E-state index contributed by atoms with van der Waals surface area (Å²) >= 11 is 1.52. The average molecular weight is 593 g/mol. The fourth-order valence-electron chi connectivity index (χ4n) is 5.68. The van der Waals surface area contributed by atoms with Crippen LogP contribution in [-0.2, 0) is 19.1 Å². The number of rotatable bonds is 2. The molecule has 0 saturated carbocycles. The highest BCUT2D eigenvalue weighted by atomic mass is 32.1. The van der Waals surface area contributed by atoms with Gasteiger partial charge in [-0.3, -0.25) is 14.5 Å². The van der Waals surface area contributed by atoms with Gasteiger partial charge in [-0.25, -0.2) is 9.78 Å². The molecule has 2 N–H and O–H groups in total. The Balaban J connectivity index is 1.94. The highest BCUT2D eigenvalue weighted by molar-refractivity contribution is 7.09. The molecule has 41 heavy (non-hydrogen) atoms. The lowest BCUT2D eigenvalue weighted by Crippen LogP contribution is -2.45. The van der Waals surface area contributed by atoms with Crippen LogP contribution in [0.1, 0.15) is 98.2 Å². The molecule has 2 saturated heterocycles. The summed E-state index contributed by atoms with van der Waals surface area (Å²) in [5.74, 6) is -1.81. The zero-order chi connectivity index (χ0) is 30.9. The Labute approximate surface area is 248 Å². The summed E-state index contributed by atoms with van der Waals surface area (Å²) in [6.07, 6.45) is 0.730. The summed E-state index contributed by atoms with van der Waals surface area (Å²) in [4.78, 5) is 45.9. The third-order valence-electron chi connectivity index (χ3n) is 8.42. The molecule has 1 aromatic rings. The van der Waals surface area contributed by atoms with E-state index in [0.717, 1.165) is 22.7 Å². The summed E-state index contributed by atoms with van der Waals surface area (Å²) in [5.41, 5.74) is -0.380. The Bertz CT molecular complexity index is 1140. The largest absolute Gasteiger partial charge is 0.458 e. The summed E-state index contributed by atoms with van der Waals surface area (Å²) in [7, 11) is 0. The van der Waals surface area contributed by atoms with E-state index in [1.807, 2.05) is 53.0 Å². The molecule has 0 aromatic carbocycles. The molecule has 0 aliphatic carbocycles. The number of ketones is 1. The van der Waals surface area contributed by atoms with Crippen molar-refractivity contribution in [1.82, 2.24) is 9.88 Å². The molecule has 9 nitrogen and oxygen atoms in total. The first-order valence-corrected chi connectivity index (χ1v) is 15.5. The molecule has 0 bridgehead atoms. The number of ether oxygens (including phenoxy) is 2. The molecular formula is C31H48N2O7S. The molecule has 2 aliphatic rings. The molecule has 3 rings (SSSR count). The molecule has 3 heterocycles. The van der Waals surface area contributed by atoms with Crippen molar-refractivity contribution < 1.29 is 34.1 Å². The Morgan fingerprint density at radius 1 is 1.20 bits per heavy atom. The Morgan fingerprint density at radius 2 is 1.85 bits per heavy atom. The van der Waals surface area contributed by atoms with Crippen LogP contribution in [0.2, 0.25) is 0 Å². The van der Waals surface area contributed by atoms with Crippen molar-refractivity contribution in [2.24, 2.45) is 17.3 Å². The van der Waals surface area contributed by atoms with Gasteiger partial charge in [0.25, 0.3) is 0 Å². The monoisotopic (exact) mass is 592 g/mol. The number of hydrogen-bond donors (Lipinski definition) is 2. The number of aryl methyl sites for hydroxylation is 1. The van der Waals surface area contributed by atoms with Crippen molar-refractivity contribution in [3.05, 3.63) is 21.7 Å². The van der Waals surface area contributed by atoms with Gasteiger partial charge in [0.15, 0.2) is 0 Å². The summed E-state index contributed by atoms with van der Waals surface area (Å²) in [5, 5.41) is 24.8. The zero-order valence-corrected chi connectivity index (χ0v) is 26.8. The van der Waals surface area contributed by atoms with Crippen molar-refractivity contribution in [1.29, 1.82) is 0 Å². The Kier molecular flexibility index (Phi) is 10.5. The lowest BCUT2D eigenvalue weighted by atomic mass is 9.73. The number of amides is 1. The predicted molar refractivity (Wildman–Crippen MR) is 158 cm³/mol. The summed E-state index contributed by atoms with van der Waals surface area (Å²) < 4.78 is 11.6. The molecule has 2 aliphatic heterocycles. The third kappa shape index (κ3) is 8.38. The van der Waals surface area contributed by atoms with Crippen molar-refractivity contribution in [2.45, 2.75) is 130 Å². The minimum absolute atomic E-state index is 0.0961. The molecule has 7 atom stereocenters. The number of aromatic nitrogens is 1. The fourth-order valence-corrected chi connectivity index (χ4v) is 6.25. The maximum atomic E-state index is 13.4. The van der Waals surface area contributed by atoms with Crippen molar-refractivity contribution in [2.75, 3.05) is 0 Å².